The number of methoxy groups -OCH3 is 1. The van der Waals surface area contributed by atoms with E-state index in [9.17, 15) is 9.59 Å². The van der Waals surface area contributed by atoms with Crippen LogP contribution in [0.15, 0.2) is 41.2 Å². The smallest absolute Gasteiger partial charge is 0.267 e. The number of aromatic nitrogens is 2. The van der Waals surface area contributed by atoms with Crippen LogP contribution in [-0.2, 0) is 11.3 Å². The Bertz CT molecular complexity index is 926. The molecule has 2 aromatic rings. The van der Waals surface area contributed by atoms with Crippen LogP contribution in [0.5, 0.6) is 11.5 Å². The van der Waals surface area contributed by atoms with E-state index in [2.05, 4.69) is 5.10 Å². The molecular weight excluding hydrogens is 358 g/mol. The van der Waals surface area contributed by atoms with Crippen LogP contribution in [0, 0.1) is 12.8 Å². The molecule has 1 saturated heterocycles. The van der Waals surface area contributed by atoms with E-state index in [1.165, 1.54) is 10.7 Å². The summed E-state index contributed by atoms with van der Waals surface area (Å²) in [6, 6.07) is 10.9. The molecule has 3 atom stereocenters. The number of fused-ring (bicyclic) bond motifs is 2. The molecule has 2 aliphatic rings. The lowest BCUT2D eigenvalue weighted by molar-refractivity contribution is -0.137. The van der Waals surface area contributed by atoms with E-state index in [4.69, 9.17) is 9.47 Å². The van der Waals surface area contributed by atoms with Crippen molar-refractivity contribution in [2.45, 2.75) is 44.8 Å². The van der Waals surface area contributed by atoms with E-state index in [1.807, 2.05) is 36.1 Å². The molecule has 1 aromatic carbocycles. The molecule has 1 amide bonds. The van der Waals surface area contributed by atoms with Crippen LogP contribution >= 0.6 is 0 Å². The van der Waals surface area contributed by atoms with Gasteiger partial charge in [-0.3, -0.25) is 9.59 Å². The fourth-order valence-corrected chi connectivity index (χ4v) is 4.44. The summed E-state index contributed by atoms with van der Waals surface area (Å²) in [6.07, 6.45) is 3.14. The van der Waals surface area contributed by atoms with E-state index in [0.717, 1.165) is 30.8 Å². The summed E-state index contributed by atoms with van der Waals surface area (Å²) in [5.74, 6) is 1.85. The van der Waals surface area contributed by atoms with E-state index >= 15 is 0 Å². The van der Waals surface area contributed by atoms with Crippen molar-refractivity contribution in [3.63, 3.8) is 0 Å². The molecule has 148 valence electrons. The second-order valence-electron chi connectivity index (χ2n) is 7.56. The second kappa shape index (κ2) is 7.66. The fourth-order valence-electron chi connectivity index (χ4n) is 4.44. The fraction of sp³-hybridized carbons (Fsp3) is 0.476. The Morgan fingerprint density at radius 1 is 1.21 bits per heavy atom. The molecular formula is C21H25N3O4. The number of hydrogen-bond donors (Lipinski definition) is 0. The minimum Gasteiger partial charge on any atom is -0.497 e. The van der Waals surface area contributed by atoms with Crippen molar-refractivity contribution in [1.29, 1.82) is 0 Å². The molecule has 1 aliphatic carbocycles. The number of hydrogen-bond acceptors (Lipinski definition) is 5. The van der Waals surface area contributed by atoms with Gasteiger partial charge in [0.1, 0.15) is 24.7 Å². The maximum Gasteiger partial charge on any atom is 0.267 e. The van der Waals surface area contributed by atoms with Gasteiger partial charge in [-0.15, -0.1) is 0 Å². The van der Waals surface area contributed by atoms with Crippen molar-refractivity contribution >= 4 is 5.91 Å². The molecule has 4 rings (SSSR count). The topological polar surface area (TPSA) is 73.7 Å². The lowest BCUT2D eigenvalue weighted by atomic mass is 9.99. The summed E-state index contributed by atoms with van der Waals surface area (Å²) in [5, 5.41) is 4.20. The van der Waals surface area contributed by atoms with Gasteiger partial charge in [-0.2, -0.15) is 5.10 Å². The Balaban J connectivity index is 1.48. The van der Waals surface area contributed by atoms with Gasteiger partial charge in [-0.25, -0.2) is 4.68 Å². The van der Waals surface area contributed by atoms with Crippen LogP contribution in [0.3, 0.4) is 0 Å². The summed E-state index contributed by atoms with van der Waals surface area (Å²) < 4.78 is 12.5. The highest BCUT2D eigenvalue weighted by Crippen LogP contribution is 2.42. The van der Waals surface area contributed by atoms with Gasteiger partial charge in [-0.05, 0) is 50.3 Å². The second-order valence-corrected chi connectivity index (χ2v) is 7.56. The molecule has 0 N–H and O–H groups in total. The largest absolute Gasteiger partial charge is 0.497 e. The third-order valence-electron chi connectivity index (χ3n) is 5.78. The highest BCUT2D eigenvalue weighted by Gasteiger charge is 2.48. The van der Waals surface area contributed by atoms with Gasteiger partial charge < -0.3 is 14.4 Å². The minimum absolute atomic E-state index is 0.0259. The van der Waals surface area contributed by atoms with Crippen molar-refractivity contribution < 1.29 is 14.3 Å². The van der Waals surface area contributed by atoms with Crippen LogP contribution in [0.25, 0.3) is 0 Å². The molecule has 1 saturated carbocycles. The number of carbonyl (C=O) groups is 1. The highest BCUT2D eigenvalue weighted by atomic mass is 16.5. The number of piperidine rings is 1. The number of benzene rings is 1. The van der Waals surface area contributed by atoms with Crippen LogP contribution in [0.2, 0.25) is 0 Å². The van der Waals surface area contributed by atoms with Gasteiger partial charge >= 0.3 is 0 Å². The molecule has 1 aliphatic heterocycles. The van der Waals surface area contributed by atoms with Crippen LogP contribution in [-0.4, -0.2) is 46.4 Å². The Labute approximate surface area is 163 Å². The zero-order valence-corrected chi connectivity index (χ0v) is 16.2. The van der Waals surface area contributed by atoms with E-state index < -0.39 is 0 Å². The summed E-state index contributed by atoms with van der Waals surface area (Å²) in [6.45, 7) is 2.22. The first-order valence-electron chi connectivity index (χ1n) is 9.68. The Morgan fingerprint density at radius 2 is 2.04 bits per heavy atom. The van der Waals surface area contributed by atoms with Gasteiger partial charge in [0.15, 0.2) is 0 Å². The third kappa shape index (κ3) is 3.61. The third-order valence-corrected chi connectivity index (χ3v) is 5.78. The molecule has 2 fully saturated rings. The predicted octanol–water partition coefficient (Wildman–Crippen LogP) is 2.02. The van der Waals surface area contributed by atoms with Gasteiger partial charge in [0, 0.05) is 18.2 Å². The van der Waals surface area contributed by atoms with E-state index in [-0.39, 0.29) is 30.1 Å². The zero-order valence-electron chi connectivity index (χ0n) is 16.2. The predicted molar refractivity (Wildman–Crippen MR) is 103 cm³/mol. The number of nitrogens with zero attached hydrogens (tertiary/aromatic N) is 3. The number of aryl methyl sites for hydroxylation is 1. The normalized spacial score (nSPS) is 23.1. The molecule has 2 heterocycles. The number of rotatable bonds is 6. The summed E-state index contributed by atoms with van der Waals surface area (Å²) >= 11 is 0. The quantitative estimate of drug-likeness (QED) is 0.763. The maximum absolute atomic E-state index is 13.0. The lowest BCUT2D eigenvalue weighted by Crippen LogP contribution is -2.49. The first-order valence-corrected chi connectivity index (χ1v) is 9.68. The van der Waals surface area contributed by atoms with Gasteiger partial charge in [0.25, 0.3) is 5.56 Å². The molecule has 1 aromatic heterocycles. The van der Waals surface area contributed by atoms with Crippen LogP contribution < -0.4 is 15.0 Å². The number of ether oxygens (including phenoxy) is 2. The molecule has 28 heavy (non-hydrogen) atoms. The number of amides is 1. The van der Waals surface area contributed by atoms with Crippen molar-refractivity contribution in [3.8, 4) is 11.5 Å². The summed E-state index contributed by atoms with van der Waals surface area (Å²) in [5.41, 5.74) is 0.459. The lowest BCUT2D eigenvalue weighted by Gasteiger charge is -2.35. The molecule has 2 bridgehead atoms. The van der Waals surface area contributed by atoms with Crippen molar-refractivity contribution in [2.75, 3.05) is 13.7 Å². The van der Waals surface area contributed by atoms with Crippen LogP contribution in [0.1, 0.15) is 25.0 Å². The highest BCUT2D eigenvalue weighted by molar-refractivity contribution is 5.77. The minimum atomic E-state index is -0.257. The average Bonchev–Trinajstić information content (AvgIpc) is 3.31. The number of carbonyl (C=O) groups excluding carboxylic acids is 1. The first-order chi connectivity index (χ1) is 13.5. The Hall–Kier alpha value is -2.83. The molecule has 0 unspecified atom stereocenters. The molecule has 7 heteroatoms. The van der Waals surface area contributed by atoms with Crippen LogP contribution in [0.4, 0.5) is 0 Å². The molecule has 0 radical (unpaired) electrons. The van der Waals surface area contributed by atoms with Gasteiger partial charge in [0.2, 0.25) is 5.91 Å². The monoisotopic (exact) mass is 383 g/mol. The average molecular weight is 383 g/mol. The molecule has 0 spiro atoms. The summed E-state index contributed by atoms with van der Waals surface area (Å²) in [7, 11) is 1.62. The van der Waals surface area contributed by atoms with Gasteiger partial charge in [-0.1, -0.05) is 6.07 Å². The van der Waals surface area contributed by atoms with Crippen molar-refractivity contribution in [3.05, 3.63) is 52.4 Å². The van der Waals surface area contributed by atoms with E-state index in [0.29, 0.717) is 18.2 Å². The SMILES string of the molecule is COc1cccc(OC[C@@H]2[C@@H]3CC[C@@H](C3)N2C(=O)Cn2nc(C)ccc2=O)c1. The van der Waals surface area contributed by atoms with Crippen molar-refractivity contribution in [1.82, 2.24) is 14.7 Å². The van der Waals surface area contributed by atoms with Gasteiger partial charge in [0.05, 0.1) is 18.8 Å². The Kier molecular flexibility index (Phi) is 5.07. The van der Waals surface area contributed by atoms with E-state index in [1.54, 1.807) is 13.2 Å². The first kappa shape index (κ1) is 18.5. The molecule has 7 nitrogen and oxygen atoms in total. The maximum atomic E-state index is 13.0. The van der Waals surface area contributed by atoms with Crippen molar-refractivity contribution in [2.24, 2.45) is 5.92 Å². The Morgan fingerprint density at radius 3 is 2.86 bits per heavy atom. The standard InChI is InChI=1S/C21H25N3O4/c1-14-6-9-20(25)23(22-14)12-21(26)24-16-8-7-15(10-16)19(24)13-28-18-5-3-4-17(11-18)27-2/h3-6,9,11,15-16,19H,7-8,10,12-13H2,1-2H3/t15-,16+,19-/m1/s1. The summed E-state index contributed by atoms with van der Waals surface area (Å²) in [4.78, 5) is 27.0. The number of likely N-dealkylation sites (tertiary alicyclic amines) is 1. The zero-order chi connectivity index (χ0) is 19.7.